The average Bonchev–Trinajstić information content (AvgIpc) is 3.34. The van der Waals surface area contributed by atoms with E-state index in [1.165, 1.54) is 0 Å². The van der Waals surface area contributed by atoms with Gasteiger partial charge in [-0.2, -0.15) is 0 Å². The molecule has 0 bridgehead atoms. The summed E-state index contributed by atoms with van der Waals surface area (Å²) in [6.45, 7) is 7.20. The van der Waals surface area contributed by atoms with Crippen LogP contribution in [0.15, 0.2) is 24.3 Å². The van der Waals surface area contributed by atoms with E-state index in [9.17, 15) is 14.4 Å². The average molecular weight is 460 g/mol. The van der Waals surface area contributed by atoms with Crippen molar-refractivity contribution in [2.24, 2.45) is 11.3 Å². The molecule has 32 heavy (non-hydrogen) atoms. The van der Waals surface area contributed by atoms with Gasteiger partial charge in [0.15, 0.2) is 0 Å². The van der Waals surface area contributed by atoms with Crippen LogP contribution in [0.4, 0.5) is 4.79 Å². The quantitative estimate of drug-likeness (QED) is 0.635. The zero-order valence-electron chi connectivity index (χ0n) is 19.3. The molecule has 3 aliphatic rings. The summed E-state index contributed by atoms with van der Waals surface area (Å²) in [5.74, 6) is 0.137. The first-order valence-corrected chi connectivity index (χ1v) is 12.2. The number of likely N-dealkylation sites (tertiary alicyclic amines) is 1. The monoisotopic (exact) mass is 459 g/mol. The van der Waals surface area contributed by atoms with Gasteiger partial charge in [-0.15, -0.1) is 0 Å². The predicted octanol–water partition coefficient (Wildman–Crippen LogP) is 4.92. The van der Waals surface area contributed by atoms with Gasteiger partial charge in [0.05, 0.1) is 6.04 Å². The van der Waals surface area contributed by atoms with Crippen LogP contribution in [0, 0.1) is 11.3 Å². The third-order valence-corrected chi connectivity index (χ3v) is 8.47. The Hall–Kier alpha value is -2.08. The van der Waals surface area contributed by atoms with Crippen LogP contribution in [0.1, 0.15) is 77.3 Å². The molecule has 2 saturated heterocycles. The zero-order chi connectivity index (χ0) is 23.1. The highest BCUT2D eigenvalue weighted by atomic mass is 35.5. The van der Waals surface area contributed by atoms with Crippen molar-refractivity contribution in [2.45, 2.75) is 77.3 Å². The largest absolute Gasteiger partial charge is 0.334 e. The lowest BCUT2D eigenvalue weighted by Crippen LogP contribution is -2.51. The van der Waals surface area contributed by atoms with Crippen molar-refractivity contribution in [3.05, 3.63) is 34.9 Å². The molecular formula is C25H34ClN3O3. The molecule has 1 aromatic carbocycles. The van der Waals surface area contributed by atoms with E-state index in [-0.39, 0.29) is 29.8 Å². The van der Waals surface area contributed by atoms with Crippen molar-refractivity contribution in [3.8, 4) is 0 Å². The lowest BCUT2D eigenvalue weighted by atomic mass is 9.65. The Balaban J connectivity index is 1.42. The van der Waals surface area contributed by atoms with Crippen LogP contribution >= 0.6 is 11.6 Å². The minimum Gasteiger partial charge on any atom is -0.334 e. The van der Waals surface area contributed by atoms with Crippen LogP contribution in [0.2, 0.25) is 5.02 Å². The number of imide groups is 1. The second kappa shape index (κ2) is 8.69. The van der Waals surface area contributed by atoms with E-state index in [1.807, 2.05) is 24.3 Å². The van der Waals surface area contributed by atoms with Gasteiger partial charge in [-0.1, -0.05) is 50.9 Å². The van der Waals surface area contributed by atoms with E-state index in [2.05, 4.69) is 26.1 Å². The fourth-order valence-electron chi connectivity index (χ4n) is 5.66. The molecule has 1 aromatic rings. The molecule has 1 unspecified atom stereocenters. The minimum atomic E-state index is -0.835. The number of rotatable bonds is 5. The summed E-state index contributed by atoms with van der Waals surface area (Å²) in [4.78, 5) is 42.2. The Labute approximate surface area is 195 Å². The maximum atomic E-state index is 13.3. The fraction of sp³-hybridized carbons (Fsp3) is 0.640. The molecule has 2 aliphatic heterocycles. The van der Waals surface area contributed by atoms with Crippen LogP contribution in [-0.2, 0) is 9.59 Å². The summed E-state index contributed by atoms with van der Waals surface area (Å²) >= 11 is 6.01. The third kappa shape index (κ3) is 4.14. The first-order valence-electron chi connectivity index (χ1n) is 11.9. The normalized spacial score (nSPS) is 28.5. The molecule has 0 aromatic heterocycles. The van der Waals surface area contributed by atoms with Gasteiger partial charge in [0.25, 0.3) is 5.91 Å². The smallest absolute Gasteiger partial charge is 0.325 e. The first-order chi connectivity index (χ1) is 15.2. The molecule has 1 saturated carbocycles. The van der Waals surface area contributed by atoms with Crippen molar-refractivity contribution in [1.82, 2.24) is 15.1 Å². The van der Waals surface area contributed by atoms with E-state index in [1.54, 1.807) is 4.90 Å². The van der Waals surface area contributed by atoms with Gasteiger partial charge >= 0.3 is 6.03 Å². The molecule has 3 fully saturated rings. The lowest BCUT2D eigenvalue weighted by molar-refractivity contribution is -0.140. The summed E-state index contributed by atoms with van der Waals surface area (Å²) in [7, 11) is 0. The fourth-order valence-corrected chi connectivity index (χ4v) is 5.79. The van der Waals surface area contributed by atoms with Gasteiger partial charge in [-0.25, -0.2) is 4.79 Å². The summed E-state index contributed by atoms with van der Waals surface area (Å²) in [6, 6.07) is 7.07. The number of benzene rings is 1. The molecule has 1 aliphatic carbocycles. The maximum absolute atomic E-state index is 13.3. The number of carbonyl (C=O) groups excluding carboxylic acids is 3. The predicted molar refractivity (Wildman–Crippen MR) is 124 cm³/mol. The second-order valence-electron chi connectivity index (χ2n) is 10.3. The molecule has 7 heteroatoms. The SMILES string of the molecule is CCC(C)(C)C1CCC2(CC1)NC(=O)N(CC(=O)N1CCCC1c1ccc(Cl)cc1)C2=O. The topological polar surface area (TPSA) is 69.7 Å². The number of carbonyl (C=O) groups is 3. The highest BCUT2D eigenvalue weighted by Crippen LogP contribution is 2.45. The number of hydrogen-bond donors (Lipinski definition) is 1. The summed E-state index contributed by atoms with van der Waals surface area (Å²) in [5.41, 5.74) is 0.430. The van der Waals surface area contributed by atoms with Crippen LogP contribution in [-0.4, -0.2) is 46.3 Å². The van der Waals surface area contributed by atoms with Crippen molar-refractivity contribution in [3.63, 3.8) is 0 Å². The number of urea groups is 1. The summed E-state index contributed by atoms with van der Waals surface area (Å²) in [6.07, 6.45) is 5.99. The molecule has 4 rings (SSSR count). The van der Waals surface area contributed by atoms with Crippen LogP contribution < -0.4 is 5.32 Å². The molecule has 174 valence electrons. The molecule has 1 atom stereocenters. The van der Waals surface area contributed by atoms with Gasteiger partial charge in [0.1, 0.15) is 12.1 Å². The summed E-state index contributed by atoms with van der Waals surface area (Å²) in [5, 5.41) is 3.61. The van der Waals surface area contributed by atoms with Crippen molar-refractivity contribution in [1.29, 1.82) is 0 Å². The standard InChI is InChI=1S/C25H34ClN3O3/c1-4-24(2,3)18-11-13-25(14-12-18)22(31)29(23(32)27-25)16-21(30)28-15-5-6-20(28)17-7-9-19(26)10-8-17/h7-10,18,20H,4-6,11-16H2,1-3H3,(H,27,32). The maximum Gasteiger partial charge on any atom is 0.325 e. The Kier molecular flexibility index (Phi) is 6.27. The second-order valence-corrected chi connectivity index (χ2v) is 10.8. The molecular weight excluding hydrogens is 426 g/mol. The number of hydrogen-bond acceptors (Lipinski definition) is 3. The zero-order valence-corrected chi connectivity index (χ0v) is 20.1. The van der Waals surface area contributed by atoms with Crippen molar-refractivity contribution in [2.75, 3.05) is 13.1 Å². The van der Waals surface area contributed by atoms with E-state index < -0.39 is 11.6 Å². The van der Waals surface area contributed by atoms with E-state index in [0.717, 1.165) is 42.6 Å². The molecule has 1 spiro atoms. The van der Waals surface area contributed by atoms with Crippen molar-refractivity contribution >= 4 is 29.4 Å². The summed E-state index contributed by atoms with van der Waals surface area (Å²) < 4.78 is 0. The Morgan fingerprint density at radius 3 is 2.44 bits per heavy atom. The van der Waals surface area contributed by atoms with Gasteiger partial charge in [0.2, 0.25) is 5.91 Å². The van der Waals surface area contributed by atoms with Crippen LogP contribution in [0.5, 0.6) is 0 Å². The molecule has 2 heterocycles. The van der Waals surface area contributed by atoms with Gasteiger partial charge in [0, 0.05) is 11.6 Å². The van der Waals surface area contributed by atoms with Gasteiger partial charge in [-0.3, -0.25) is 14.5 Å². The number of nitrogens with one attached hydrogen (secondary N) is 1. The first kappa shape index (κ1) is 23.1. The van der Waals surface area contributed by atoms with Gasteiger partial charge in [-0.05, 0) is 67.6 Å². The molecule has 0 radical (unpaired) electrons. The third-order valence-electron chi connectivity index (χ3n) is 8.22. The number of nitrogens with zero attached hydrogens (tertiary/aromatic N) is 2. The molecule has 1 N–H and O–H groups in total. The molecule has 6 nitrogen and oxygen atoms in total. The molecule has 4 amide bonds. The Morgan fingerprint density at radius 1 is 1.16 bits per heavy atom. The lowest BCUT2D eigenvalue weighted by Gasteiger charge is -2.42. The number of halogens is 1. The Morgan fingerprint density at radius 2 is 1.81 bits per heavy atom. The highest BCUT2D eigenvalue weighted by Gasteiger charge is 2.54. The van der Waals surface area contributed by atoms with E-state index in [4.69, 9.17) is 11.6 Å². The van der Waals surface area contributed by atoms with Crippen LogP contribution in [0.3, 0.4) is 0 Å². The minimum absolute atomic E-state index is 0.0405. The van der Waals surface area contributed by atoms with Gasteiger partial charge < -0.3 is 10.2 Å². The Bertz CT molecular complexity index is 890. The van der Waals surface area contributed by atoms with Crippen LogP contribution in [0.25, 0.3) is 0 Å². The number of amides is 4. The van der Waals surface area contributed by atoms with Crippen molar-refractivity contribution < 1.29 is 14.4 Å². The van der Waals surface area contributed by atoms with E-state index >= 15 is 0 Å². The van der Waals surface area contributed by atoms with E-state index in [0.29, 0.717) is 30.3 Å². The highest BCUT2D eigenvalue weighted by molar-refractivity contribution is 6.30.